The number of rotatable bonds is 4. The monoisotopic (exact) mass is 311 g/mol. The molecule has 0 spiro atoms. The van der Waals surface area contributed by atoms with Crippen LogP contribution in [0.15, 0.2) is 53.1 Å². The minimum atomic E-state index is 0.118. The van der Waals surface area contributed by atoms with Crippen molar-refractivity contribution in [1.82, 2.24) is 4.90 Å². The molecular weight excluding hydrogens is 290 g/mol. The van der Waals surface area contributed by atoms with Gasteiger partial charge in [-0.3, -0.25) is 4.79 Å². The maximum Gasteiger partial charge on any atom is 0.226 e. The fourth-order valence-electron chi connectivity index (χ4n) is 3.40. The summed E-state index contributed by atoms with van der Waals surface area (Å²) in [5.41, 5.74) is 0. The highest BCUT2D eigenvalue weighted by Gasteiger charge is 2.47. The van der Waals surface area contributed by atoms with Crippen molar-refractivity contribution < 1.29 is 13.9 Å². The van der Waals surface area contributed by atoms with Gasteiger partial charge in [-0.25, -0.2) is 0 Å². The maximum absolute atomic E-state index is 12.6. The van der Waals surface area contributed by atoms with Crippen LogP contribution >= 0.6 is 0 Å². The van der Waals surface area contributed by atoms with Gasteiger partial charge in [0.1, 0.15) is 17.6 Å². The fourth-order valence-corrected chi connectivity index (χ4v) is 3.40. The van der Waals surface area contributed by atoms with Crippen LogP contribution < -0.4 is 4.74 Å². The summed E-state index contributed by atoms with van der Waals surface area (Å²) in [5.74, 6) is 2.55. The summed E-state index contributed by atoms with van der Waals surface area (Å²) in [6.45, 7) is 1.58. The Morgan fingerprint density at radius 1 is 1.09 bits per heavy atom. The molecule has 1 aliphatic carbocycles. The van der Waals surface area contributed by atoms with Crippen LogP contribution in [0.5, 0.6) is 5.75 Å². The van der Waals surface area contributed by atoms with Crippen LogP contribution in [0, 0.1) is 5.92 Å². The molecule has 1 amide bonds. The lowest BCUT2D eigenvalue weighted by molar-refractivity contribution is -0.134. The van der Waals surface area contributed by atoms with Crippen molar-refractivity contribution in [3.8, 4) is 5.75 Å². The Morgan fingerprint density at radius 3 is 2.57 bits per heavy atom. The van der Waals surface area contributed by atoms with Gasteiger partial charge in [0.2, 0.25) is 5.91 Å². The van der Waals surface area contributed by atoms with Gasteiger partial charge < -0.3 is 14.1 Å². The number of amides is 1. The molecule has 2 aromatic rings. The number of likely N-dealkylation sites (tertiary alicyclic amines) is 1. The highest BCUT2D eigenvalue weighted by atomic mass is 16.5. The number of nitrogens with zero attached hydrogens (tertiary/aromatic N) is 1. The van der Waals surface area contributed by atoms with Crippen molar-refractivity contribution in [2.75, 3.05) is 13.1 Å². The lowest BCUT2D eigenvalue weighted by atomic mass is 10.1. The molecule has 1 saturated heterocycles. The molecular formula is C19H21NO3. The zero-order valence-corrected chi connectivity index (χ0v) is 13.1. The van der Waals surface area contributed by atoms with Crippen molar-refractivity contribution >= 4 is 5.91 Å². The maximum atomic E-state index is 12.6. The Labute approximate surface area is 136 Å². The first-order chi connectivity index (χ1) is 11.3. The van der Waals surface area contributed by atoms with Crippen LogP contribution in [0.4, 0.5) is 0 Å². The number of benzene rings is 1. The third-order valence-electron chi connectivity index (χ3n) is 4.82. The van der Waals surface area contributed by atoms with Gasteiger partial charge in [-0.05, 0) is 30.7 Å². The average Bonchev–Trinajstić information content (AvgIpc) is 3.21. The second kappa shape index (κ2) is 6.11. The first kappa shape index (κ1) is 14.4. The molecule has 2 atom stereocenters. The van der Waals surface area contributed by atoms with E-state index in [1.54, 1.807) is 6.26 Å². The van der Waals surface area contributed by atoms with Crippen LogP contribution in [0.25, 0.3) is 0 Å². The van der Waals surface area contributed by atoms with Gasteiger partial charge in [0.15, 0.2) is 0 Å². The lowest BCUT2D eigenvalue weighted by Crippen LogP contribution is -2.42. The van der Waals surface area contributed by atoms with E-state index in [1.165, 1.54) is 0 Å². The van der Waals surface area contributed by atoms with E-state index in [-0.39, 0.29) is 23.8 Å². The van der Waals surface area contributed by atoms with Crippen LogP contribution in [0.2, 0.25) is 0 Å². The smallest absolute Gasteiger partial charge is 0.226 e. The van der Waals surface area contributed by atoms with E-state index in [9.17, 15) is 4.79 Å². The second-order valence-corrected chi connectivity index (χ2v) is 6.42. The number of ether oxygens (including phenoxy) is 1. The molecule has 1 aromatic heterocycles. The molecule has 4 rings (SSSR count). The molecule has 0 N–H and O–H groups in total. The number of piperidine rings is 1. The summed E-state index contributed by atoms with van der Waals surface area (Å²) < 4.78 is 11.4. The summed E-state index contributed by atoms with van der Waals surface area (Å²) in [6.07, 6.45) is 4.62. The topological polar surface area (TPSA) is 42.7 Å². The van der Waals surface area contributed by atoms with Gasteiger partial charge in [-0.15, -0.1) is 0 Å². The van der Waals surface area contributed by atoms with Gasteiger partial charge in [0.05, 0.1) is 6.26 Å². The fraction of sp³-hybridized carbons (Fsp3) is 0.421. The predicted molar refractivity (Wildman–Crippen MR) is 86.2 cm³/mol. The Balaban J connectivity index is 1.28. The summed E-state index contributed by atoms with van der Waals surface area (Å²) in [7, 11) is 0. The van der Waals surface area contributed by atoms with Gasteiger partial charge in [0.25, 0.3) is 0 Å². The van der Waals surface area contributed by atoms with Crippen molar-refractivity contribution in [2.24, 2.45) is 5.92 Å². The molecule has 4 heteroatoms. The molecule has 4 nitrogen and oxygen atoms in total. The lowest BCUT2D eigenvalue weighted by Gasteiger charge is -2.32. The molecule has 1 saturated carbocycles. The minimum Gasteiger partial charge on any atom is -0.490 e. The molecule has 2 unspecified atom stereocenters. The molecule has 120 valence electrons. The number of carbonyl (C=O) groups excluding carboxylic acids is 1. The van der Waals surface area contributed by atoms with E-state index in [1.807, 2.05) is 47.4 Å². The Morgan fingerprint density at radius 2 is 1.87 bits per heavy atom. The molecule has 2 aliphatic rings. The van der Waals surface area contributed by atoms with Crippen molar-refractivity contribution in [2.45, 2.75) is 31.3 Å². The van der Waals surface area contributed by atoms with Crippen LogP contribution in [0.3, 0.4) is 0 Å². The molecule has 23 heavy (non-hydrogen) atoms. The van der Waals surface area contributed by atoms with E-state index in [4.69, 9.17) is 9.15 Å². The molecule has 1 aromatic carbocycles. The van der Waals surface area contributed by atoms with Crippen LogP contribution in [-0.4, -0.2) is 30.0 Å². The highest BCUT2D eigenvalue weighted by molar-refractivity contribution is 5.83. The summed E-state index contributed by atoms with van der Waals surface area (Å²) >= 11 is 0. The minimum absolute atomic E-state index is 0.118. The molecule has 2 heterocycles. The largest absolute Gasteiger partial charge is 0.490 e. The first-order valence-corrected chi connectivity index (χ1v) is 8.35. The van der Waals surface area contributed by atoms with E-state index < -0.39 is 0 Å². The van der Waals surface area contributed by atoms with Crippen LogP contribution in [-0.2, 0) is 4.79 Å². The van der Waals surface area contributed by atoms with Gasteiger partial charge in [-0.2, -0.15) is 0 Å². The van der Waals surface area contributed by atoms with Crippen molar-refractivity contribution in [3.05, 3.63) is 54.5 Å². The van der Waals surface area contributed by atoms with E-state index >= 15 is 0 Å². The van der Waals surface area contributed by atoms with E-state index in [2.05, 4.69) is 0 Å². The number of para-hydroxylation sites is 1. The van der Waals surface area contributed by atoms with Gasteiger partial charge >= 0.3 is 0 Å². The third kappa shape index (κ3) is 3.11. The summed E-state index contributed by atoms with van der Waals surface area (Å²) in [6, 6.07) is 13.8. The van der Waals surface area contributed by atoms with Crippen LogP contribution in [0.1, 0.15) is 30.9 Å². The quantitative estimate of drug-likeness (QED) is 0.868. The molecule has 0 bridgehead atoms. The van der Waals surface area contributed by atoms with E-state index in [0.29, 0.717) is 0 Å². The second-order valence-electron chi connectivity index (χ2n) is 6.42. The number of carbonyl (C=O) groups is 1. The van der Waals surface area contributed by atoms with E-state index in [0.717, 1.165) is 43.9 Å². The van der Waals surface area contributed by atoms with Gasteiger partial charge in [-0.1, -0.05) is 18.2 Å². The van der Waals surface area contributed by atoms with Gasteiger partial charge in [0, 0.05) is 37.8 Å². The Hall–Kier alpha value is -2.23. The molecule has 2 fully saturated rings. The molecule has 0 radical (unpaired) electrons. The zero-order valence-electron chi connectivity index (χ0n) is 13.1. The number of hydrogen-bond acceptors (Lipinski definition) is 3. The Kier molecular flexibility index (Phi) is 3.82. The zero-order chi connectivity index (χ0) is 15.6. The SMILES string of the molecule is O=C(C1CC1c1ccco1)N1CCC(Oc2ccccc2)CC1. The first-order valence-electron chi connectivity index (χ1n) is 8.35. The highest BCUT2D eigenvalue weighted by Crippen LogP contribution is 2.48. The predicted octanol–water partition coefficient (Wildman–Crippen LogP) is 3.45. The van der Waals surface area contributed by atoms with Crippen molar-refractivity contribution in [3.63, 3.8) is 0 Å². The number of furan rings is 1. The normalized spacial score (nSPS) is 24.4. The average molecular weight is 311 g/mol. The summed E-state index contributed by atoms with van der Waals surface area (Å²) in [4.78, 5) is 14.6. The Bertz CT molecular complexity index is 645. The number of hydrogen-bond donors (Lipinski definition) is 0. The summed E-state index contributed by atoms with van der Waals surface area (Å²) in [5, 5.41) is 0. The standard InChI is InChI=1S/C19H21NO3/c21-19(17-13-16(17)18-7-4-12-22-18)20-10-8-15(9-11-20)23-14-5-2-1-3-6-14/h1-7,12,15-17H,8-11,13H2. The molecule has 1 aliphatic heterocycles. The third-order valence-corrected chi connectivity index (χ3v) is 4.82. The van der Waals surface area contributed by atoms with Crippen molar-refractivity contribution in [1.29, 1.82) is 0 Å².